The zero-order valence-electron chi connectivity index (χ0n) is 12.1. The van der Waals surface area contributed by atoms with Crippen molar-refractivity contribution in [3.63, 3.8) is 0 Å². The second-order valence-electron chi connectivity index (χ2n) is 5.26. The Morgan fingerprint density at radius 1 is 1.17 bits per heavy atom. The lowest BCUT2D eigenvalue weighted by atomic mass is 9.76. The lowest BCUT2D eigenvalue weighted by Gasteiger charge is -2.32. The van der Waals surface area contributed by atoms with Crippen LogP contribution in [0, 0.1) is 12.3 Å². The fraction of sp³-hybridized carbons (Fsp3) is 0.625. The minimum Gasteiger partial charge on any atom is -0.316 e. The molecule has 0 aromatic heterocycles. The van der Waals surface area contributed by atoms with Crippen molar-refractivity contribution in [1.29, 1.82) is 0 Å². The maximum atomic E-state index is 6.36. The van der Waals surface area contributed by atoms with Crippen molar-refractivity contribution >= 4 is 11.6 Å². The van der Waals surface area contributed by atoms with Gasteiger partial charge in [0.1, 0.15) is 0 Å². The van der Waals surface area contributed by atoms with E-state index in [1.54, 1.807) is 0 Å². The number of nitrogens with one attached hydrogen (secondary N) is 1. The molecular weight excluding hydrogens is 242 g/mol. The summed E-state index contributed by atoms with van der Waals surface area (Å²) in [7, 11) is 0. The molecule has 0 unspecified atom stereocenters. The van der Waals surface area contributed by atoms with Gasteiger partial charge in [0, 0.05) is 11.6 Å². The minimum atomic E-state index is 0.328. The predicted molar refractivity (Wildman–Crippen MR) is 81.5 cm³/mol. The first kappa shape index (κ1) is 15.5. The van der Waals surface area contributed by atoms with Crippen LogP contribution in [0.2, 0.25) is 5.02 Å². The van der Waals surface area contributed by atoms with Gasteiger partial charge in [-0.3, -0.25) is 0 Å². The van der Waals surface area contributed by atoms with E-state index >= 15 is 0 Å². The van der Waals surface area contributed by atoms with Gasteiger partial charge < -0.3 is 5.32 Å². The van der Waals surface area contributed by atoms with Gasteiger partial charge in [0.05, 0.1) is 0 Å². The van der Waals surface area contributed by atoms with E-state index in [-0.39, 0.29) is 0 Å². The van der Waals surface area contributed by atoms with Crippen LogP contribution >= 0.6 is 11.6 Å². The summed E-state index contributed by atoms with van der Waals surface area (Å²) in [6, 6.07) is 6.41. The summed E-state index contributed by atoms with van der Waals surface area (Å²) in [6.45, 7) is 10.9. The van der Waals surface area contributed by atoms with E-state index in [0.717, 1.165) is 24.5 Å². The van der Waals surface area contributed by atoms with Crippen LogP contribution in [-0.4, -0.2) is 13.1 Å². The maximum Gasteiger partial charge on any atom is 0.0440 e. The molecule has 0 radical (unpaired) electrons. The molecule has 0 saturated carbocycles. The van der Waals surface area contributed by atoms with E-state index < -0.39 is 0 Å². The molecule has 102 valence electrons. The Balaban J connectivity index is 2.88. The van der Waals surface area contributed by atoms with E-state index in [1.807, 2.05) is 0 Å². The Hall–Kier alpha value is -0.530. The Bertz CT molecular complexity index is 369. The largest absolute Gasteiger partial charge is 0.316 e. The van der Waals surface area contributed by atoms with Crippen LogP contribution in [0.5, 0.6) is 0 Å². The summed E-state index contributed by atoms with van der Waals surface area (Å²) < 4.78 is 0. The van der Waals surface area contributed by atoms with Gasteiger partial charge in [-0.15, -0.1) is 0 Å². The Morgan fingerprint density at radius 3 is 2.33 bits per heavy atom. The molecule has 18 heavy (non-hydrogen) atoms. The van der Waals surface area contributed by atoms with Crippen molar-refractivity contribution in [2.45, 2.75) is 47.0 Å². The average molecular weight is 268 g/mol. The number of aryl methyl sites for hydroxylation is 1. The monoisotopic (exact) mass is 267 g/mol. The van der Waals surface area contributed by atoms with E-state index in [1.165, 1.54) is 24.0 Å². The first-order chi connectivity index (χ1) is 8.56. The smallest absolute Gasteiger partial charge is 0.0440 e. The molecule has 1 aromatic carbocycles. The summed E-state index contributed by atoms with van der Waals surface area (Å²) in [5.41, 5.74) is 2.84. The number of hydrogen-bond donors (Lipinski definition) is 1. The molecule has 0 saturated heterocycles. The van der Waals surface area contributed by atoms with Crippen LogP contribution in [0.25, 0.3) is 0 Å². The molecule has 1 N–H and O–H groups in total. The molecule has 0 fully saturated rings. The minimum absolute atomic E-state index is 0.328. The molecule has 0 bridgehead atoms. The molecule has 2 heteroatoms. The zero-order chi connectivity index (χ0) is 13.6. The van der Waals surface area contributed by atoms with Crippen molar-refractivity contribution in [3.8, 4) is 0 Å². The van der Waals surface area contributed by atoms with Gasteiger partial charge in [-0.2, -0.15) is 0 Å². The maximum absolute atomic E-state index is 6.36. The lowest BCUT2D eigenvalue weighted by molar-refractivity contribution is 0.248. The fourth-order valence-electron chi connectivity index (χ4n) is 2.40. The highest BCUT2D eigenvalue weighted by molar-refractivity contribution is 6.31. The predicted octanol–water partition coefficient (Wildman–Crippen LogP) is 4.61. The van der Waals surface area contributed by atoms with Gasteiger partial charge in [0.15, 0.2) is 0 Å². The summed E-state index contributed by atoms with van der Waals surface area (Å²) in [4.78, 5) is 0. The number of hydrogen-bond acceptors (Lipinski definition) is 1. The third-order valence-electron chi connectivity index (χ3n) is 4.02. The summed E-state index contributed by atoms with van der Waals surface area (Å²) in [5.74, 6) is 0. The lowest BCUT2D eigenvalue weighted by Crippen LogP contribution is -2.35. The zero-order valence-corrected chi connectivity index (χ0v) is 12.9. The molecule has 0 heterocycles. The van der Waals surface area contributed by atoms with Gasteiger partial charge in [0.2, 0.25) is 0 Å². The van der Waals surface area contributed by atoms with E-state index in [9.17, 15) is 0 Å². The molecule has 1 rings (SSSR count). The highest BCUT2D eigenvalue weighted by Crippen LogP contribution is 2.33. The summed E-state index contributed by atoms with van der Waals surface area (Å²) >= 11 is 6.36. The van der Waals surface area contributed by atoms with Gasteiger partial charge in [-0.05, 0) is 55.3 Å². The van der Waals surface area contributed by atoms with Crippen molar-refractivity contribution in [3.05, 3.63) is 34.3 Å². The molecular formula is C16H26ClN. The van der Waals surface area contributed by atoms with Crippen LogP contribution in [0.4, 0.5) is 0 Å². The summed E-state index contributed by atoms with van der Waals surface area (Å²) in [5, 5.41) is 4.41. The molecule has 0 atom stereocenters. The van der Waals surface area contributed by atoms with E-state index in [0.29, 0.717) is 5.41 Å². The SMILES string of the molecule is CCNCC(CC)(CC)Cc1ccc(C)cc1Cl. The second-order valence-corrected chi connectivity index (χ2v) is 5.67. The number of benzene rings is 1. The third-order valence-corrected chi connectivity index (χ3v) is 4.38. The van der Waals surface area contributed by atoms with E-state index in [4.69, 9.17) is 11.6 Å². The topological polar surface area (TPSA) is 12.0 Å². The average Bonchev–Trinajstić information content (AvgIpc) is 2.37. The first-order valence-electron chi connectivity index (χ1n) is 7.02. The highest BCUT2D eigenvalue weighted by atomic mass is 35.5. The van der Waals surface area contributed by atoms with Crippen molar-refractivity contribution in [1.82, 2.24) is 5.32 Å². The molecule has 0 aliphatic heterocycles. The Kier molecular flexibility index (Phi) is 6.17. The highest BCUT2D eigenvalue weighted by Gasteiger charge is 2.26. The molecule has 1 aromatic rings. The van der Waals surface area contributed by atoms with Gasteiger partial charge in [-0.1, -0.05) is 44.5 Å². The van der Waals surface area contributed by atoms with Crippen LogP contribution in [-0.2, 0) is 6.42 Å². The van der Waals surface area contributed by atoms with E-state index in [2.05, 4.69) is 51.2 Å². The van der Waals surface area contributed by atoms with Gasteiger partial charge in [0.25, 0.3) is 0 Å². The first-order valence-corrected chi connectivity index (χ1v) is 7.40. The van der Waals surface area contributed by atoms with Crippen molar-refractivity contribution in [2.24, 2.45) is 5.41 Å². The number of rotatable bonds is 7. The number of halogens is 1. The molecule has 1 nitrogen and oxygen atoms in total. The Labute approximate surface area is 117 Å². The molecule has 0 aliphatic rings. The van der Waals surface area contributed by atoms with Crippen LogP contribution < -0.4 is 5.32 Å². The van der Waals surface area contributed by atoms with Gasteiger partial charge in [-0.25, -0.2) is 0 Å². The van der Waals surface area contributed by atoms with Crippen molar-refractivity contribution < 1.29 is 0 Å². The standard InChI is InChI=1S/C16H26ClN/c1-5-16(6-2,12-18-7-3)11-14-9-8-13(4)10-15(14)17/h8-10,18H,5-7,11-12H2,1-4H3. The molecule has 0 amide bonds. The van der Waals surface area contributed by atoms with Gasteiger partial charge >= 0.3 is 0 Å². The van der Waals surface area contributed by atoms with Crippen LogP contribution in [0.15, 0.2) is 18.2 Å². The van der Waals surface area contributed by atoms with Crippen LogP contribution in [0.3, 0.4) is 0 Å². The van der Waals surface area contributed by atoms with Crippen molar-refractivity contribution in [2.75, 3.05) is 13.1 Å². The summed E-state index contributed by atoms with van der Waals surface area (Å²) in [6.07, 6.45) is 3.42. The fourth-order valence-corrected chi connectivity index (χ4v) is 2.70. The quantitative estimate of drug-likeness (QED) is 0.761. The Morgan fingerprint density at radius 2 is 1.83 bits per heavy atom. The second kappa shape index (κ2) is 7.16. The molecule has 0 spiro atoms. The third kappa shape index (κ3) is 4.00. The normalized spacial score (nSPS) is 11.8. The van der Waals surface area contributed by atoms with Crippen LogP contribution in [0.1, 0.15) is 44.7 Å². The molecule has 0 aliphatic carbocycles.